The van der Waals surface area contributed by atoms with Crippen LogP contribution in [0.25, 0.3) is 11.8 Å². The minimum Gasteiger partial charge on any atom is -0.318 e. The zero-order chi connectivity index (χ0) is 24.0. The summed E-state index contributed by atoms with van der Waals surface area (Å²) in [5.41, 5.74) is 8.86. The maximum absolute atomic E-state index is 13.5. The molecular weight excluding hydrogens is 430 g/mol. The third-order valence-electron chi connectivity index (χ3n) is 6.08. The van der Waals surface area contributed by atoms with E-state index < -0.39 is 11.8 Å². The van der Waals surface area contributed by atoms with E-state index in [4.69, 9.17) is 12.2 Å². The number of hydrogen-bond donors (Lipinski definition) is 1. The molecule has 33 heavy (non-hydrogen) atoms. The summed E-state index contributed by atoms with van der Waals surface area (Å²) in [6.07, 6.45) is 1.67. The third kappa shape index (κ3) is 4.02. The van der Waals surface area contributed by atoms with Gasteiger partial charge in [0.1, 0.15) is 5.57 Å². The molecule has 1 aromatic heterocycles. The monoisotopic (exact) mass is 457 g/mol. The van der Waals surface area contributed by atoms with Crippen molar-refractivity contribution in [3.05, 3.63) is 87.2 Å². The van der Waals surface area contributed by atoms with Crippen molar-refractivity contribution in [2.45, 2.75) is 41.5 Å². The van der Waals surface area contributed by atoms with Crippen LogP contribution in [0.1, 0.15) is 39.2 Å². The number of thiocarbonyl (C=S) groups is 1. The fourth-order valence-corrected chi connectivity index (χ4v) is 4.53. The molecule has 4 rings (SSSR count). The molecule has 1 aliphatic rings. The lowest BCUT2D eigenvalue weighted by Crippen LogP contribution is -2.54. The predicted octanol–water partition coefficient (Wildman–Crippen LogP) is 5.16. The van der Waals surface area contributed by atoms with Crippen LogP contribution in [0, 0.1) is 41.5 Å². The molecule has 2 amide bonds. The summed E-state index contributed by atoms with van der Waals surface area (Å²) in [7, 11) is 0. The Labute approximate surface area is 199 Å². The average Bonchev–Trinajstić information content (AvgIpc) is 3.02. The Morgan fingerprint density at radius 2 is 1.39 bits per heavy atom. The number of carbonyl (C=O) groups excluding carboxylic acids is 2. The van der Waals surface area contributed by atoms with E-state index in [0.29, 0.717) is 5.69 Å². The van der Waals surface area contributed by atoms with Gasteiger partial charge in [-0.1, -0.05) is 24.3 Å². The van der Waals surface area contributed by atoms with E-state index in [2.05, 4.69) is 41.9 Å². The number of hydrogen-bond acceptors (Lipinski definition) is 3. The van der Waals surface area contributed by atoms with Gasteiger partial charge in [-0.05, 0) is 106 Å². The summed E-state index contributed by atoms with van der Waals surface area (Å²) in [6.45, 7) is 12.0. The zero-order valence-corrected chi connectivity index (χ0v) is 20.6. The first-order chi connectivity index (χ1) is 15.6. The first-order valence-electron chi connectivity index (χ1n) is 10.8. The summed E-state index contributed by atoms with van der Waals surface area (Å²) in [6, 6.07) is 14.2. The molecule has 3 aromatic rings. The summed E-state index contributed by atoms with van der Waals surface area (Å²) >= 11 is 5.37. The highest BCUT2D eigenvalue weighted by Gasteiger charge is 2.35. The normalized spacial score (nSPS) is 15.4. The molecule has 168 valence electrons. The second-order valence-electron chi connectivity index (χ2n) is 8.70. The number of nitrogens with one attached hydrogen (secondary N) is 1. The van der Waals surface area contributed by atoms with E-state index in [9.17, 15) is 9.59 Å². The molecule has 0 saturated carbocycles. The third-order valence-corrected chi connectivity index (χ3v) is 6.37. The Hall–Kier alpha value is -3.51. The molecule has 0 radical (unpaired) electrons. The van der Waals surface area contributed by atoms with Gasteiger partial charge in [0.2, 0.25) is 0 Å². The van der Waals surface area contributed by atoms with Gasteiger partial charge in [-0.3, -0.25) is 19.8 Å². The first kappa shape index (κ1) is 22.7. The molecule has 5 nitrogen and oxygen atoms in total. The Morgan fingerprint density at radius 3 is 2.03 bits per heavy atom. The maximum atomic E-state index is 13.5. The topological polar surface area (TPSA) is 54.3 Å². The van der Waals surface area contributed by atoms with Crippen LogP contribution in [0.15, 0.2) is 48.0 Å². The van der Waals surface area contributed by atoms with Crippen molar-refractivity contribution < 1.29 is 9.59 Å². The molecule has 1 saturated heterocycles. The molecule has 6 heteroatoms. The van der Waals surface area contributed by atoms with Crippen LogP contribution < -0.4 is 10.2 Å². The second kappa shape index (κ2) is 8.45. The molecule has 2 aromatic carbocycles. The van der Waals surface area contributed by atoms with Gasteiger partial charge >= 0.3 is 0 Å². The second-order valence-corrected chi connectivity index (χ2v) is 9.09. The van der Waals surface area contributed by atoms with E-state index in [1.807, 2.05) is 52.0 Å². The minimum absolute atomic E-state index is 0.0609. The lowest BCUT2D eigenvalue weighted by molar-refractivity contribution is -0.122. The fraction of sp³-hybridized carbons (Fsp3) is 0.222. The van der Waals surface area contributed by atoms with Gasteiger partial charge in [-0.25, -0.2) is 0 Å². The standard InChI is InChI=1S/C27H27N3O2S/c1-15-7-9-17(3)23(11-15)29-19(5)13-21(20(29)6)14-22-25(31)28-27(33)30(26(22)32)24-12-16(2)8-10-18(24)4/h7-14H,1-6H3,(H,28,31,33)/b22-14+. The van der Waals surface area contributed by atoms with Gasteiger partial charge < -0.3 is 4.57 Å². The highest BCUT2D eigenvalue weighted by Crippen LogP contribution is 2.29. The van der Waals surface area contributed by atoms with E-state index in [1.54, 1.807) is 6.08 Å². The largest absolute Gasteiger partial charge is 0.318 e. The van der Waals surface area contributed by atoms with Gasteiger partial charge in [0.05, 0.1) is 5.69 Å². The highest BCUT2D eigenvalue weighted by atomic mass is 32.1. The fourth-order valence-electron chi connectivity index (χ4n) is 4.26. The predicted molar refractivity (Wildman–Crippen MR) is 137 cm³/mol. The van der Waals surface area contributed by atoms with Crippen molar-refractivity contribution in [2.24, 2.45) is 0 Å². The van der Waals surface area contributed by atoms with Gasteiger partial charge in [0.25, 0.3) is 11.8 Å². The number of carbonyl (C=O) groups is 2. The van der Waals surface area contributed by atoms with Crippen molar-refractivity contribution in [1.29, 1.82) is 0 Å². The molecule has 1 aliphatic heterocycles. The highest BCUT2D eigenvalue weighted by molar-refractivity contribution is 7.80. The zero-order valence-electron chi connectivity index (χ0n) is 19.7. The number of amides is 2. The number of anilines is 1. The molecule has 0 bridgehead atoms. The number of rotatable bonds is 3. The van der Waals surface area contributed by atoms with Crippen molar-refractivity contribution >= 4 is 40.9 Å². The molecule has 0 unspecified atom stereocenters. The molecular formula is C27H27N3O2S. The van der Waals surface area contributed by atoms with Crippen LogP contribution in [0.2, 0.25) is 0 Å². The molecule has 2 heterocycles. The van der Waals surface area contributed by atoms with E-state index in [-0.39, 0.29) is 10.7 Å². The number of nitrogens with zero attached hydrogens (tertiary/aromatic N) is 2. The van der Waals surface area contributed by atoms with E-state index >= 15 is 0 Å². The van der Waals surface area contributed by atoms with Crippen molar-refractivity contribution in [1.82, 2.24) is 9.88 Å². The van der Waals surface area contributed by atoms with Gasteiger partial charge in [-0.2, -0.15) is 0 Å². The number of aryl methyl sites for hydroxylation is 5. The van der Waals surface area contributed by atoms with Gasteiger partial charge in [-0.15, -0.1) is 0 Å². The first-order valence-corrected chi connectivity index (χ1v) is 11.2. The van der Waals surface area contributed by atoms with Crippen LogP contribution in [0.5, 0.6) is 0 Å². The number of benzene rings is 2. The summed E-state index contributed by atoms with van der Waals surface area (Å²) in [5.74, 6) is -0.905. The average molecular weight is 458 g/mol. The molecule has 0 aliphatic carbocycles. The smallest absolute Gasteiger partial charge is 0.270 e. The Morgan fingerprint density at radius 1 is 0.818 bits per heavy atom. The van der Waals surface area contributed by atoms with Crippen molar-refractivity contribution in [2.75, 3.05) is 4.90 Å². The quantitative estimate of drug-likeness (QED) is 0.336. The van der Waals surface area contributed by atoms with Crippen molar-refractivity contribution in [3.63, 3.8) is 0 Å². The van der Waals surface area contributed by atoms with E-state index in [0.717, 1.165) is 39.3 Å². The van der Waals surface area contributed by atoms with E-state index in [1.165, 1.54) is 10.5 Å². The lowest BCUT2D eigenvalue weighted by Gasteiger charge is -2.30. The SMILES string of the molecule is Cc1ccc(C)c(N2C(=O)/C(=C/c3cc(C)n(-c4cc(C)ccc4C)c3C)C(=O)NC2=S)c1. The lowest BCUT2D eigenvalue weighted by atomic mass is 10.0. The Kier molecular flexibility index (Phi) is 5.80. The van der Waals surface area contributed by atoms with Crippen LogP contribution in [-0.4, -0.2) is 21.5 Å². The van der Waals surface area contributed by atoms with Crippen LogP contribution in [0.3, 0.4) is 0 Å². The Bertz CT molecular complexity index is 1360. The molecule has 1 fully saturated rings. The maximum Gasteiger partial charge on any atom is 0.270 e. The molecule has 0 spiro atoms. The molecule has 1 N–H and O–H groups in total. The van der Waals surface area contributed by atoms with Crippen LogP contribution >= 0.6 is 12.2 Å². The summed E-state index contributed by atoms with van der Waals surface area (Å²) in [4.78, 5) is 27.7. The van der Waals surface area contributed by atoms with Crippen molar-refractivity contribution in [3.8, 4) is 5.69 Å². The minimum atomic E-state index is -0.483. The summed E-state index contributed by atoms with van der Waals surface area (Å²) < 4.78 is 2.16. The van der Waals surface area contributed by atoms with Crippen LogP contribution in [0.4, 0.5) is 5.69 Å². The number of aromatic nitrogens is 1. The Balaban J connectivity index is 1.81. The van der Waals surface area contributed by atoms with Crippen LogP contribution in [-0.2, 0) is 9.59 Å². The van der Waals surface area contributed by atoms with Gasteiger partial charge in [0, 0.05) is 17.1 Å². The molecule has 0 atom stereocenters. The summed E-state index contributed by atoms with van der Waals surface area (Å²) in [5, 5.41) is 2.78. The van der Waals surface area contributed by atoms with Gasteiger partial charge in [0.15, 0.2) is 5.11 Å².